The molecule has 0 saturated heterocycles. The number of hydrogen-bond acceptors (Lipinski definition) is 3. The van der Waals surface area contributed by atoms with Gasteiger partial charge in [-0.25, -0.2) is 4.98 Å². The Labute approximate surface area is 151 Å². The summed E-state index contributed by atoms with van der Waals surface area (Å²) in [7, 11) is 0. The summed E-state index contributed by atoms with van der Waals surface area (Å²) in [5.41, 5.74) is 2.75. The molecule has 128 valence electrons. The lowest BCUT2D eigenvalue weighted by Gasteiger charge is -2.04. The van der Waals surface area contributed by atoms with Gasteiger partial charge in [0.25, 0.3) is 0 Å². The highest BCUT2D eigenvalue weighted by Crippen LogP contribution is 2.21. The van der Waals surface area contributed by atoms with Gasteiger partial charge in [-0.2, -0.15) is 0 Å². The molecule has 0 aliphatic rings. The summed E-state index contributed by atoms with van der Waals surface area (Å²) in [6.45, 7) is 2.42. The fourth-order valence-corrected chi connectivity index (χ4v) is 2.66. The molecule has 0 saturated carbocycles. The van der Waals surface area contributed by atoms with Crippen LogP contribution in [0, 0.1) is 6.92 Å². The summed E-state index contributed by atoms with van der Waals surface area (Å²) >= 11 is 5.84. The Balaban J connectivity index is 1.53. The van der Waals surface area contributed by atoms with Gasteiger partial charge in [0.15, 0.2) is 0 Å². The van der Waals surface area contributed by atoms with E-state index in [1.807, 2.05) is 49.4 Å². The predicted octanol–water partition coefficient (Wildman–Crippen LogP) is 4.20. The van der Waals surface area contributed by atoms with E-state index in [1.54, 1.807) is 12.1 Å². The van der Waals surface area contributed by atoms with E-state index in [-0.39, 0.29) is 5.91 Å². The second-order valence-electron chi connectivity index (χ2n) is 5.79. The maximum Gasteiger partial charge on any atom is 0.226 e. The van der Waals surface area contributed by atoms with Gasteiger partial charge >= 0.3 is 0 Å². The van der Waals surface area contributed by atoms with Crippen molar-refractivity contribution in [1.82, 2.24) is 10.3 Å². The fourth-order valence-electron chi connectivity index (χ4n) is 2.53. The molecule has 0 unspecified atom stereocenters. The van der Waals surface area contributed by atoms with Gasteiger partial charge < -0.3 is 9.73 Å². The second-order valence-corrected chi connectivity index (χ2v) is 6.23. The zero-order valence-electron chi connectivity index (χ0n) is 14.0. The number of carbonyl (C=O) groups excluding carboxylic acids is 1. The highest BCUT2D eigenvalue weighted by molar-refractivity contribution is 6.30. The van der Waals surface area contributed by atoms with Crippen LogP contribution in [0.4, 0.5) is 0 Å². The topological polar surface area (TPSA) is 55.1 Å². The van der Waals surface area contributed by atoms with E-state index >= 15 is 0 Å². The number of nitrogens with zero attached hydrogens (tertiary/aromatic N) is 1. The van der Waals surface area contributed by atoms with Gasteiger partial charge in [0.1, 0.15) is 5.76 Å². The SMILES string of the molecule is Cc1oc(-c2ccccc2)nc1CCNC(=O)Cc1ccc(Cl)cc1. The van der Waals surface area contributed by atoms with Crippen molar-refractivity contribution in [2.75, 3.05) is 6.54 Å². The normalized spacial score (nSPS) is 10.6. The van der Waals surface area contributed by atoms with Crippen LogP contribution in [-0.2, 0) is 17.6 Å². The van der Waals surface area contributed by atoms with Crippen LogP contribution in [0.25, 0.3) is 11.5 Å². The summed E-state index contributed by atoms with van der Waals surface area (Å²) in [4.78, 5) is 16.5. The lowest BCUT2D eigenvalue weighted by molar-refractivity contribution is -0.120. The van der Waals surface area contributed by atoms with Gasteiger partial charge in [-0.3, -0.25) is 4.79 Å². The summed E-state index contributed by atoms with van der Waals surface area (Å²) < 4.78 is 5.73. The number of aryl methyl sites for hydroxylation is 1. The molecule has 0 aliphatic heterocycles. The molecule has 1 N–H and O–H groups in total. The Kier molecular flexibility index (Phi) is 5.51. The highest BCUT2D eigenvalue weighted by atomic mass is 35.5. The van der Waals surface area contributed by atoms with Crippen LogP contribution < -0.4 is 5.32 Å². The van der Waals surface area contributed by atoms with Gasteiger partial charge in [0, 0.05) is 23.6 Å². The number of rotatable bonds is 6. The molecular formula is C20H19ClN2O2. The first-order valence-corrected chi connectivity index (χ1v) is 8.52. The van der Waals surface area contributed by atoms with Crippen molar-refractivity contribution in [3.63, 3.8) is 0 Å². The third-order valence-electron chi connectivity index (χ3n) is 3.88. The lowest BCUT2D eigenvalue weighted by atomic mass is 10.1. The molecule has 0 bridgehead atoms. The molecule has 1 aromatic heterocycles. The minimum atomic E-state index is -0.0215. The van der Waals surface area contributed by atoms with Crippen LogP contribution >= 0.6 is 11.6 Å². The van der Waals surface area contributed by atoms with E-state index in [2.05, 4.69) is 10.3 Å². The summed E-state index contributed by atoms with van der Waals surface area (Å²) in [6.07, 6.45) is 0.971. The van der Waals surface area contributed by atoms with Crippen LogP contribution in [0.2, 0.25) is 5.02 Å². The molecule has 3 rings (SSSR count). The minimum Gasteiger partial charge on any atom is -0.441 e. The van der Waals surface area contributed by atoms with Crippen molar-refractivity contribution in [2.45, 2.75) is 19.8 Å². The van der Waals surface area contributed by atoms with Gasteiger partial charge in [0.05, 0.1) is 12.1 Å². The summed E-state index contributed by atoms with van der Waals surface area (Å²) in [5, 5.41) is 3.58. The Morgan fingerprint density at radius 1 is 1.12 bits per heavy atom. The molecule has 0 radical (unpaired) electrons. The second kappa shape index (κ2) is 7.99. The number of halogens is 1. The quantitative estimate of drug-likeness (QED) is 0.721. The third kappa shape index (κ3) is 4.70. The first kappa shape index (κ1) is 17.2. The maximum absolute atomic E-state index is 12.0. The Bertz CT molecular complexity index is 842. The number of oxazole rings is 1. The molecule has 4 nitrogen and oxygen atoms in total. The molecule has 0 spiro atoms. The number of carbonyl (C=O) groups is 1. The predicted molar refractivity (Wildman–Crippen MR) is 98.5 cm³/mol. The summed E-state index contributed by atoms with van der Waals surface area (Å²) in [6, 6.07) is 17.1. The van der Waals surface area contributed by atoms with Crippen LogP contribution in [0.1, 0.15) is 17.0 Å². The van der Waals surface area contributed by atoms with Crippen molar-refractivity contribution >= 4 is 17.5 Å². The van der Waals surface area contributed by atoms with E-state index in [4.69, 9.17) is 16.0 Å². The molecular weight excluding hydrogens is 336 g/mol. The molecule has 2 aromatic carbocycles. The van der Waals surface area contributed by atoms with E-state index in [0.717, 1.165) is 22.6 Å². The number of hydrogen-bond donors (Lipinski definition) is 1. The molecule has 1 heterocycles. The van der Waals surface area contributed by atoms with E-state index in [1.165, 1.54) is 0 Å². The average molecular weight is 355 g/mol. The number of benzene rings is 2. The minimum absolute atomic E-state index is 0.0215. The molecule has 0 aliphatic carbocycles. The molecule has 0 atom stereocenters. The number of amides is 1. The molecule has 5 heteroatoms. The fraction of sp³-hybridized carbons (Fsp3) is 0.200. The standard InChI is InChI=1S/C20H19ClN2O2/c1-14-18(23-20(25-14)16-5-3-2-4-6-16)11-12-22-19(24)13-15-7-9-17(21)10-8-15/h2-10H,11-13H2,1H3,(H,22,24). The van der Waals surface area contributed by atoms with Crippen molar-refractivity contribution in [2.24, 2.45) is 0 Å². The van der Waals surface area contributed by atoms with Gasteiger partial charge in [0.2, 0.25) is 11.8 Å². The van der Waals surface area contributed by atoms with Crippen LogP contribution in [-0.4, -0.2) is 17.4 Å². The zero-order chi connectivity index (χ0) is 17.6. The zero-order valence-corrected chi connectivity index (χ0v) is 14.7. The van der Waals surface area contributed by atoms with Gasteiger partial charge in [-0.05, 0) is 36.8 Å². The van der Waals surface area contributed by atoms with Crippen molar-refractivity contribution in [1.29, 1.82) is 0 Å². The smallest absolute Gasteiger partial charge is 0.226 e. The van der Waals surface area contributed by atoms with Gasteiger partial charge in [-0.1, -0.05) is 41.9 Å². The molecule has 0 fully saturated rings. The van der Waals surface area contributed by atoms with Crippen molar-refractivity contribution < 1.29 is 9.21 Å². The molecule has 3 aromatic rings. The van der Waals surface area contributed by atoms with Crippen LogP contribution in [0.15, 0.2) is 59.0 Å². The third-order valence-corrected chi connectivity index (χ3v) is 4.13. The van der Waals surface area contributed by atoms with Crippen molar-refractivity contribution in [3.8, 4) is 11.5 Å². The summed E-state index contributed by atoms with van der Waals surface area (Å²) in [5.74, 6) is 1.37. The van der Waals surface area contributed by atoms with Gasteiger partial charge in [-0.15, -0.1) is 0 Å². The van der Waals surface area contributed by atoms with E-state index in [0.29, 0.717) is 30.3 Å². The first-order chi connectivity index (χ1) is 12.1. The van der Waals surface area contributed by atoms with Crippen LogP contribution in [0.5, 0.6) is 0 Å². The lowest BCUT2D eigenvalue weighted by Crippen LogP contribution is -2.27. The maximum atomic E-state index is 12.0. The Hall–Kier alpha value is -2.59. The number of nitrogens with one attached hydrogen (secondary N) is 1. The van der Waals surface area contributed by atoms with E-state index < -0.39 is 0 Å². The highest BCUT2D eigenvalue weighted by Gasteiger charge is 2.11. The Morgan fingerprint density at radius 2 is 1.84 bits per heavy atom. The molecule has 25 heavy (non-hydrogen) atoms. The molecule has 1 amide bonds. The average Bonchev–Trinajstić information content (AvgIpc) is 2.99. The van der Waals surface area contributed by atoms with E-state index in [9.17, 15) is 4.79 Å². The first-order valence-electron chi connectivity index (χ1n) is 8.14. The Morgan fingerprint density at radius 3 is 2.56 bits per heavy atom. The number of aromatic nitrogens is 1. The largest absolute Gasteiger partial charge is 0.441 e. The van der Waals surface area contributed by atoms with Crippen LogP contribution in [0.3, 0.4) is 0 Å². The monoisotopic (exact) mass is 354 g/mol. The van der Waals surface area contributed by atoms with Crippen molar-refractivity contribution in [3.05, 3.63) is 76.6 Å².